The molecule has 1 aliphatic rings. The lowest BCUT2D eigenvalue weighted by Crippen LogP contribution is -2.37. The lowest BCUT2D eigenvalue weighted by Gasteiger charge is -2.14. The number of benzene rings is 2. The zero-order valence-electron chi connectivity index (χ0n) is 14.0. The van der Waals surface area contributed by atoms with Crippen LogP contribution in [0.25, 0.3) is 0 Å². The van der Waals surface area contributed by atoms with Crippen molar-refractivity contribution in [1.82, 2.24) is 4.90 Å². The zero-order chi connectivity index (χ0) is 18.8. The summed E-state index contributed by atoms with van der Waals surface area (Å²) in [6, 6.07) is 9.27. The molecule has 0 radical (unpaired) electrons. The van der Waals surface area contributed by atoms with Gasteiger partial charge in [0.1, 0.15) is 6.54 Å². The fraction of sp³-hybridized carbons (Fsp3) is 0.167. The summed E-state index contributed by atoms with van der Waals surface area (Å²) in [6.07, 6.45) is 0. The largest absolute Gasteiger partial charge is 0.493 e. The summed E-state index contributed by atoms with van der Waals surface area (Å²) in [7, 11) is 2.98. The molecule has 3 rings (SSSR count). The maximum Gasteiger partial charge on any atom is 0.262 e. The van der Waals surface area contributed by atoms with Gasteiger partial charge < -0.3 is 14.8 Å². The van der Waals surface area contributed by atoms with Crippen LogP contribution >= 0.6 is 11.6 Å². The second-order valence-electron chi connectivity index (χ2n) is 5.50. The summed E-state index contributed by atoms with van der Waals surface area (Å²) in [6.45, 7) is -0.404. The van der Waals surface area contributed by atoms with E-state index in [1.54, 1.807) is 18.2 Å². The minimum atomic E-state index is -0.546. The number of anilines is 1. The van der Waals surface area contributed by atoms with Crippen molar-refractivity contribution in [2.45, 2.75) is 0 Å². The average molecular weight is 375 g/mol. The monoisotopic (exact) mass is 374 g/mol. The summed E-state index contributed by atoms with van der Waals surface area (Å²) in [5.74, 6) is -0.625. The van der Waals surface area contributed by atoms with E-state index in [1.165, 1.54) is 32.4 Å². The third kappa shape index (κ3) is 3.21. The Kier molecular flexibility index (Phi) is 4.81. The fourth-order valence-electron chi connectivity index (χ4n) is 2.66. The topological polar surface area (TPSA) is 84.9 Å². The number of amides is 3. The Morgan fingerprint density at radius 2 is 1.69 bits per heavy atom. The molecule has 0 saturated carbocycles. The highest BCUT2D eigenvalue weighted by molar-refractivity contribution is 6.32. The van der Waals surface area contributed by atoms with Gasteiger partial charge in [-0.05, 0) is 30.3 Å². The van der Waals surface area contributed by atoms with Gasteiger partial charge >= 0.3 is 0 Å². The van der Waals surface area contributed by atoms with E-state index in [-0.39, 0.29) is 11.1 Å². The number of imide groups is 1. The SMILES string of the molecule is COc1ccc(NC(=O)CN2C(=O)c3ccc(Cl)cc3C2=O)cc1OC. The van der Waals surface area contributed by atoms with Crippen molar-refractivity contribution in [3.05, 3.63) is 52.5 Å². The first-order valence-corrected chi connectivity index (χ1v) is 8.00. The molecule has 0 spiro atoms. The van der Waals surface area contributed by atoms with Gasteiger partial charge in [-0.25, -0.2) is 0 Å². The molecular formula is C18H15ClN2O5. The third-order valence-corrected chi connectivity index (χ3v) is 4.14. The second kappa shape index (κ2) is 7.05. The first-order chi connectivity index (χ1) is 12.4. The van der Waals surface area contributed by atoms with E-state index in [0.29, 0.717) is 22.2 Å². The predicted molar refractivity (Wildman–Crippen MR) is 95.0 cm³/mol. The molecule has 8 heteroatoms. The Hall–Kier alpha value is -3.06. The third-order valence-electron chi connectivity index (χ3n) is 3.90. The predicted octanol–water partition coefficient (Wildman–Crippen LogP) is 2.59. The van der Waals surface area contributed by atoms with Crippen LogP contribution in [0.5, 0.6) is 11.5 Å². The van der Waals surface area contributed by atoms with Crippen molar-refractivity contribution in [3.63, 3.8) is 0 Å². The standard InChI is InChI=1S/C18H15ClN2O5/c1-25-14-6-4-11(8-15(14)26-2)20-16(22)9-21-17(23)12-5-3-10(19)7-13(12)18(21)24/h3-8H,9H2,1-2H3,(H,20,22). The number of nitrogens with one attached hydrogen (secondary N) is 1. The van der Waals surface area contributed by atoms with Crippen LogP contribution < -0.4 is 14.8 Å². The number of nitrogens with zero attached hydrogens (tertiary/aromatic N) is 1. The fourth-order valence-corrected chi connectivity index (χ4v) is 2.84. The Morgan fingerprint density at radius 3 is 2.38 bits per heavy atom. The van der Waals surface area contributed by atoms with E-state index in [4.69, 9.17) is 21.1 Å². The number of methoxy groups -OCH3 is 2. The molecule has 0 bridgehead atoms. The number of carbonyl (C=O) groups is 3. The number of halogens is 1. The van der Waals surface area contributed by atoms with Crippen molar-refractivity contribution in [1.29, 1.82) is 0 Å². The van der Waals surface area contributed by atoms with Crippen molar-refractivity contribution in [3.8, 4) is 11.5 Å². The molecular weight excluding hydrogens is 360 g/mol. The van der Waals surface area contributed by atoms with Crippen LogP contribution in [0.4, 0.5) is 5.69 Å². The van der Waals surface area contributed by atoms with Crippen molar-refractivity contribution < 1.29 is 23.9 Å². The number of carbonyl (C=O) groups excluding carboxylic acids is 3. The molecule has 7 nitrogen and oxygen atoms in total. The number of rotatable bonds is 5. The van der Waals surface area contributed by atoms with Crippen LogP contribution in [0.15, 0.2) is 36.4 Å². The first-order valence-electron chi connectivity index (χ1n) is 7.62. The van der Waals surface area contributed by atoms with Crippen LogP contribution in [0.1, 0.15) is 20.7 Å². The number of ether oxygens (including phenoxy) is 2. The van der Waals surface area contributed by atoms with Crippen molar-refractivity contribution in [2.24, 2.45) is 0 Å². The van der Waals surface area contributed by atoms with Crippen LogP contribution in [-0.2, 0) is 4.79 Å². The minimum absolute atomic E-state index is 0.196. The Balaban J connectivity index is 1.73. The number of fused-ring (bicyclic) bond motifs is 1. The van der Waals surface area contributed by atoms with Crippen molar-refractivity contribution >= 4 is 35.0 Å². The Morgan fingerprint density at radius 1 is 1.00 bits per heavy atom. The van der Waals surface area contributed by atoms with E-state index in [2.05, 4.69) is 5.32 Å². The summed E-state index contributed by atoms with van der Waals surface area (Å²) < 4.78 is 10.3. The van der Waals surface area contributed by atoms with Gasteiger partial charge in [-0.2, -0.15) is 0 Å². The van der Waals surface area contributed by atoms with E-state index in [1.807, 2.05) is 0 Å². The highest BCUT2D eigenvalue weighted by Gasteiger charge is 2.36. The first kappa shape index (κ1) is 17.8. The molecule has 2 aromatic carbocycles. The van der Waals surface area contributed by atoms with Gasteiger partial charge in [0.05, 0.1) is 25.3 Å². The summed E-state index contributed by atoms with van der Waals surface area (Å²) >= 11 is 5.87. The molecule has 0 saturated heterocycles. The quantitative estimate of drug-likeness (QED) is 0.813. The van der Waals surface area contributed by atoms with Crippen LogP contribution in [0, 0.1) is 0 Å². The molecule has 0 aliphatic carbocycles. The lowest BCUT2D eigenvalue weighted by atomic mass is 10.1. The van der Waals surface area contributed by atoms with Gasteiger partial charge in [0.2, 0.25) is 5.91 Å². The van der Waals surface area contributed by atoms with Gasteiger partial charge in [-0.15, -0.1) is 0 Å². The van der Waals surface area contributed by atoms with E-state index in [9.17, 15) is 14.4 Å². The molecule has 1 heterocycles. The molecule has 1 N–H and O–H groups in total. The molecule has 0 unspecified atom stereocenters. The summed E-state index contributed by atoms with van der Waals surface area (Å²) in [5.41, 5.74) is 0.882. The minimum Gasteiger partial charge on any atom is -0.493 e. The van der Waals surface area contributed by atoms with Crippen molar-refractivity contribution in [2.75, 3.05) is 26.1 Å². The maximum absolute atomic E-state index is 12.4. The maximum atomic E-state index is 12.4. The number of hydrogen-bond donors (Lipinski definition) is 1. The lowest BCUT2D eigenvalue weighted by molar-refractivity contribution is -0.116. The van der Waals surface area contributed by atoms with E-state index < -0.39 is 24.3 Å². The molecule has 2 aromatic rings. The van der Waals surface area contributed by atoms with Gasteiger partial charge in [0, 0.05) is 16.8 Å². The summed E-state index contributed by atoms with van der Waals surface area (Å²) in [5, 5.41) is 2.98. The summed E-state index contributed by atoms with van der Waals surface area (Å²) in [4.78, 5) is 37.9. The Bertz CT molecular complexity index is 912. The molecule has 0 fully saturated rings. The molecule has 26 heavy (non-hydrogen) atoms. The molecule has 0 aromatic heterocycles. The zero-order valence-corrected chi connectivity index (χ0v) is 14.8. The second-order valence-corrected chi connectivity index (χ2v) is 5.94. The average Bonchev–Trinajstić information content (AvgIpc) is 2.86. The van der Waals surface area contributed by atoms with Crippen LogP contribution in [0.2, 0.25) is 5.02 Å². The van der Waals surface area contributed by atoms with Gasteiger partial charge in [-0.1, -0.05) is 11.6 Å². The Labute approximate surface area is 154 Å². The normalized spacial score (nSPS) is 12.8. The van der Waals surface area contributed by atoms with Gasteiger partial charge in [0.25, 0.3) is 11.8 Å². The number of hydrogen-bond acceptors (Lipinski definition) is 5. The van der Waals surface area contributed by atoms with Gasteiger partial charge in [0.15, 0.2) is 11.5 Å². The van der Waals surface area contributed by atoms with Crippen LogP contribution in [-0.4, -0.2) is 43.4 Å². The van der Waals surface area contributed by atoms with E-state index >= 15 is 0 Å². The molecule has 3 amide bonds. The molecule has 0 atom stereocenters. The highest BCUT2D eigenvalue weighted by atomic mass is 35.5. The highest BCUT2D eigenvalue weighted by Crippen LogP contribution is 2.30. The smallest absolute Gasteiger partial charge is 0.262 e. The van der Waals surface area contributed by atoms with E-state index in [0.717, 1.165) is 4.90 Å². The van der Waals surface area contributed by atoms with Gasteiger partial charge in [-0.3, -0.25) is 19.3 Å². The van der Waals surface area contributed by atoms with Crippen LogP contribution in [0.3, 0.4) is 0 Å². The molecule has 1 aliphatic heterocycles. The molecule has 134 valence electrons.